The van der Waals surface area contributed by atoms with E-state index in [1.165, 1.54) is 6.33 Å². The smallest absolute Gasteiger partial charge is 0.323 e. The molecule has 10 nitrogen and oxygen atoms in total. The number of urea groups is 1. The molecule has 3 heterocycles. The number of anilines is 2. The molecular weight excluding hydrogens is 424 g/mol. The number of aromatic nitrogens is 4. The number of benzene rings is 2. The fraction of sp³-hybridized carbons (Fsp3) is 0.130. The quantitative estimate of drug-likeness (QED) is 0.468. The van der Waals surface area contributed by atoms with E-state index in [9.17, 15) is 4.79 Å². The van der Waals surface area contributed by atoms with Gasteiger partial charge in [0, 0.05) is 29.2 Å². The summed E-state index contributed by atoms with van der Waals surface area (Å²) >= 11 is 0. The van der Waals surface area contributed by atoms with Crippen LogP contribution in [0.4, 0.5) is 16.2 Å². The Labute approximate surface area is 189 Å². The van der Waals surface area contributed by atoms with Crippen molar-refractivity contribution in [2.75, 3.05) is 17.4 Å². The molecule has 0 aliphatic carbocycles. The summed E-state index contributed by atoms with van der Waals surface area (Å²) in [6, 6.07) is 13.5. The van der Waals surface area contributed by atoms with Crippen LogP contribution in [-0.2, 0) is 0 Å². The van der Waals surface area contributed by atoms with Crippen molar-refractivity contribution >= 4 is 17.4 Å². The summed E-state index contributed by atoms with van der Waals surface area (Å²) in [7, 11) is 0. The lowest BCUT2D eigenvalue weighted by atomic mass is 10.3. The molecule has 0 spiro atoms. The first-order valence-corrected chi connectivity index (χ1v) is 10.1. The minimum Gasteiger partial charge on any atom is -0.454 e. The van der Waals surface area contributed by atoms with Crippen molar-refractivity contribution in [2.45, 2.75) is 13.8 Å². The third-order valence-corrected chi connectivity index (χ3v) is 5.09. The first-order chi connectivity index (χ1) is 16.0. The Morgan fingerprint density at radius 1 is 0.939 bits per heavy atom. The van der Waals surface area contributed by atoms with Crippen molar-refractivity contribution in [3.63, 3.8) is 0 Å². The van der Waals surface area contributed by atoms with Gasteiger partial charge in [0.1, 0.15) is 24.2 Å². The Kier molecular flexibility index (Phi) is 5.23. The van der Waals surface area contributed by atoms with Crippen LogP contribution in [0, 0.1) is 13.8 Å². The average molecular weight is 444 g/mol. The van der Waals surface area contributed by atoms with Gasteiger partial charge >= 0.3 is 6.03 Å². The molecule has 166 valence electrons. The second-order valence-corrected chi connectivity index (χ2v) is 7.27. The van der Waals surface area contributed by atoms with Gasteiger partial charge in [-0.2, -0.15) is 0 Å². The third-order valence-electron chi connectivity index (χ3n) is 5.09. The molecule has 0 unspecified atom stereocenters. The number of fused-ring (bicyclic) bond motifs is 1. The number of carbonyl (C=O) groups excluding carboxylic acids is 1. The van der Waals surface area contributed by atoms with Crippen LogP contribution in [-0.4, -0.2) is 32.3 Å². The van der Waals surface area contributed by atoms with Crippen LogP contribution in [0.3, 0.4) is 0 Å². The number of amides is 2. The molecule has 10 heteroatoms. The molecule has 33 heavy (non-hydrogen) atoms. The molecule has 1 aliphatic rings. The van der Waals surface area contributed by atoms with Gasteiger partial charge < -0.3 is 24.8 Å². The van der Waals surface area contributed by atoms with E-state index in [1.54, 1.807) is 54.9 Å². The van der Waals surface area contributed by atoms with E-state index in [0.717, 1.165) is 11.4 Å². The van der Waals surface area contributed by atoms with Crippen molar-refractivity contribution in [1.29, 1.82) is 0 Å². The van der Waals surface area contributed by atoms with Crippen molar-refractivity contribution in [2.24, 2.45) is 0 Å². The van der Waals surface area contributed by atoms with Gasteiger partial charge in [0.05, 0.1) is 5.69 Å². The lowest BCUT2D eigenvalue weighted by molar-refractivity contribution is 0.174. The molecule has 0 bridgehead atoms. The van der Waals surface area contributed by atoms with Gasteiger partial charge in [0.2, 0.25) is 12.7 Å². The molecule has 2 N–H and O–H groups in total. The predicted octanol–water partition coefficient (Wildman–Crippen LogP) is 4.44. The van der Waals surface area contributed by atoms with Crippen molar-refractivity contribution in [3.8, 4) is 28.9 Å². The summed E-state index contributed by atoms with van der Waals surface area (Å²) in [5.41, 5.74) is 3.13. The molecular formula is C23H20N6O4. The van der Waals surface area contributed by atoms with Gasteiger partial charge in [0.25, 0.3) is 0 Å². The number of imidazole rings is 1. The number of aryl methyl sites for hydroxylation is 1. The van der Waals surface area contributed by atoms with E-state index in [0.29, 0.717) is 40.3 Å². The van der Waals surface area contributed by atoms with Crippen LogP contribution in [0.15, 0.2) is 61.2 Å². The summed E-state index contributed by atoms with van der Waals surface area (Å²) in [5, 5.41) is 5.54. The maximum absolute atomic E-state index is 12.3. The lowest BCUT2D eigenvalue weighted by Crippen LogP contribution is -2.19. The van der Waals surface area contributed by atoms with E-state index in [4.69, 9.17) is 14.2 Å². The molecule has 2 amide bonds. The second-order valence-electron chi connectivity index (χ2n) is 7.27. The molecule has 0 saturated carbocycles. The highest BCUT2D eigenvalue weighted by Gasteiger charge is 2.14. The summed E-state index contributed by atoms with van der Waals surface area (Å²) < 4.78 is 18.3. The highest BCUT2D eigenvalue weighted by Crippen LogP contribution is 2.34. The monoisotopic (exact) mass is 444 g/mol. The van der Waals surface area contributed by atoms with Crippen molar-refractivity contribution < 1.29 is 19.0 Å². The topological polar surface area (TPSA) is 112 Å². The van der Waals surface area contributed by atoms with Crippen LogP contribution in [0.2, 0.25) is 0 Å². The van der Waals surface area contributed by atoms with Gasteiger partial charge in [-0.25, -0.2) is 19.7 Å². The largest absolute Gasteiger partial charge is 0.454 e. The SMILES string of the molecule is Cc1ncn(-c2cc(Oc3ccc(NC(=O)Nc4ccc5c(c4)OCO5)cc3)ncn2)c1C. The standard InChI is InChI=1S/C23H20N6O4/c1-14-15(2)29(12-26-14)21-10-22(25-11-24-21)33-18-6-3-16(4-7-18)27-23(30)28-17-5-8-19-20(9-17)32-13-31-19/h3-12H,13H2,1-2H3,(H2,27,28,30). The van der Waals surface area contributed by atoms with Crippen LogP contribution >= 0.6 is 0 Å². The minimum absolute atomic E-state index is 0.179. The summed E-state index contributed by atoms with van der Waals surface area (Å²) in [6.07, 6.45) is 3.15. The number of ether oxygens (including phenoxy) is 3. The fourth-order valence-electron chi connectivity index (χ4n) is 3.24. The van der Waals surface area contributed by atoms with E-state index >= 15 is 0 Å². The maximum atomic E-state index is 12.3. The zero-order chi connectivity index (χ0) is 22.8. The van der Waals surface area contributed by atoms with E-state index in [1.807, 2.05) is 18.4 Å². The van der Waals surface area contributed by atoms with E-state index < -0.39 is 0 Å². The summed E-state index contributed by atoms with van der Waals surface area (Å²) in [6.45, 7) is 4.09. The molecule has 2 aromatic carbocycles. The summed E-state index contributed by atoms with van der Waals surface area (Å²) in [4.78, 5) is 25.1. The summed E-state index contributed by atoms with van der Waals surface area (Å²) in [5.74, 6) is 2.88. The van der Waals surface area contributed by atoms with Crippen LogP contribution < -0.4 is 24.8 Å². The Balaban J connectivity index is 1.21. The van der Waals surface area contributed by atoms with Gasteiger partial charge in [-0.1, -0.05) is 0 Å². The molecule has 5 rings (SSSR count). The number of nitrogens with one attached hydrogen (secondary N) is 2. The first-order valence-electron chi connectivity index (χ1n) is 10.1. The Morgan fingerprint density at radius 3 is 2.48 bits per heavy atom. The van der Waals surface area contributed by atoms with Crippen LogP contribution in [0.1, 0.15) is 11.4 Å². The molecule has 1 aliphatic heterocycles. The molecule has 4 aromatic rings. The van der Waals surface area contributed by atoms with Gasteiger partial charge in [-0.3, -0.25) is 4.57 Å². The molecule has 0 fully saturated rings. The number of nitrogens with zero attached hydrogens (tertiary/aromatic N) is 4. The normalized spacial score (nSPS) is 11.8. The van der Waals surface area contributed by atoms with Crippen molar-refractivity contribution in [1.82, 2.24) is 19.5 Å². The number of hydrogen-bond donors (Lipinski definition) is 2. The lowest BCUT2D eigenvalue weighted by Gasteiger charge is -2.10. The maximum Gasteiger partial charge on any atom is 0.323 e. The minimum atomic E-state index is -0.381. The zero-order valence-corrected chi connectivity index (χ0v) is 17.9. The third kappa shape index (κ3) is 4.40. The number of rotatable bonds is 5. The molecule has 2 aromatic heterocycles. The highest BCUT2D eigenvalue weighted by molar-refractivity contribution is 6.00. The molecule has 0 atom stereocenters. The Morgan fingerprint density at radius 2 is 1.70 bits per heavy atom. The first kappa shape index (κ1) is 20.3. The Bertz CT molecular complexity index is 1320. The molecule has 0 radical (unpaired) electrons. The number of carbonyl (C=O) groups is 1. The van der Waals surface area contributed by atoms with Gasteiger partial charge in [0.15, 0.2) is 11.5 Å². The second kappa shape index (κ2) is 8.50. The predicted molar refractivity (Wildman–Crippen MR) is 120 cm³/mol. The zero-order valence-electron chi connectivity index (χ0n) is 17.9. The Hall–Kier alpha value is -4.60. The highest BCUT2D eigenvalue weighted by atomic mass is 16.7. The number of hydrogen-bond acceptors (Lipinski definition) is 7. The van der Waals surface area contributed by atoms with Crippen molar-refractivity contribution in [3.05, 3.63) is 72.6 Å². The average Bonchev–Trinajstić information content (AvgIpc) is 3.41. The molecule has 0 saturated heterocycles. The van der Waals surface area contributed by atoms with Gasteiger partial charge in [-0.15, -0.1) is 0 Å². The van der Waals surface area contributed by atoms with Gasteiger partial charge in [-0.05, 0) is 50.2 Å². The fourth-order valence-corrected chi connectivity index (χ4v) is 3.24. The van der Waals surface area contributed by atoms with E-state index in [2.05, 4.69) is 25.6 Å². The van der Waals surface area contributed by atoms with E-state index in [-0.39, 0.29) is 12.8 Å². The van der Waals surface area contributed by atoms with Crippen LogP contribution in [0.25, 0.3) is 5.82 Å². The van der Waals surface area contributed by atoms with Crippen LogP contribution in [0.5, 0.6) is 23.1 Å².